The van der Waals surface area contributed by atoms with Crippen LogP contribution in [0.4, 0.5) is 9.18 Å². The van der Waals surface area contributed by atoms with Crippen molar-refractivity contribution in [3.63, 3.8) is 0 Å². The molecule has 0 radical (unpaired) electrons. The van der Waals surface area contributed by atoms with Crippen molar-refractivity contribution >= 4 is 6.09 Å². The third-order valence-electron chi connectivity index (χ3n) is 2.73. The molecule has 1 amide bonds. The summed E-state index contributed by atoms with van der Waals surface area (Å²) < 4.78 is 13.7. The van der Waals surface area contributed by atoms with Crippen molar-refractivity contribution in [2.75, 3.05) is 0 Å². The molecule has 0 aliphatic heterocycles. The predicted octanol–water partition coefficient (Wildman–Crippen LogP) is 3.37. The van der Waals surface area contributed by atoms with Crippen LogP contribution < -0.4 is 0 Å². The number of benzene rings is 1. The Balaban J connectivity index is 3.05. The van der Waals surface area contributed by atoms with Gasteiger partial charge in [-0.15, -0.1) is 0 Å². The number of hydrogen-bond acceptors (Lipinski definition) is 3. The van der Waals surface area contributed by atoms with E-state index >= 15 is 0 Å². The zero-order valence-electron chi connectivity index (χ0n) is 11.2. The third-order valence-corrected chi connectivity index (χ3v) is 2.73. The highest BCUT2D eigenvalue weighted by Gasteiger charge is 2.27. The summed E-state index contributed by atoms with van der Waals surface area (Å²) in [6, 6.07) is 4.15. The van der Waals surface area contributed by atoms with E-state index in [2.05, 4.69) is 5.18 Å². The van der Waals surface area contributed by atoms with Gasteiger partial charge in [-0.05, 0) is 38.5 Å². The van der Waals surface area contributed by atoms with Crippen LogP contribution in [0.5, 0.6) is 0 Å². The largest absolute Gasteiger partial charge is 0.465 e. The van der Waals surface area contributed by atoms with Gasteiger partial charge >= 0.3 is 6.09 Å². The molecule has 0 aromatic heterocycles. The molecular weight excluding hydrogens is 251 g/mol. The molecule has 0 fully saturated rings. The smallest absolute Gasteiger partial charge is 0.408 e. The van der Waals surface area contributed by atoms with Gasteiger partial charge in [0.05, 0.1) is 6.54 Å². The van der Waals surface area contributed by atoms with Crippen LogP contribution in [0.3, 0.4) is 0 Å². The lowest BCUT2D eigenvalue weighted by molar-refractivity contribution is 0.0948. The average molecular weight is 268 g/mol. The summed E-state index contributed by atoms with van der Waals surface area (Å²) >= 11 is 0. The Morgan fingerprint density at radius 1 is 1.42 bits per heavy atom. The van der Waals surface area contributed by atoms with Gasteiger partial charge in [-0.1, -0.05) is 11.2 Å². The molecule has 0 unspecified atom stereocenters. The summed E-state index contributed by atoms with van der Waals surface area (Å²) in [4.78, 5) is 22.6. The Morgan fingerprint density at radius 2 is 2.05 bits per heavy atom. The maximum absolute atomic E-state index is 13.7. The van der Waals surface area contributed by atoms with Crippen molar-refractivity contribution in [3.8, 4) is 0 Å². The van der Waals surface area contributed by atoms with Crippen LogP contribution >= 0.6 is 0 Å². The lowest BCUT2D eigenvalue weighted by atomic mass is 10.0. The molecule has 0 atom stereocenters. The van der Waals surface area contributed by atoms with Crippen LogP contribution in [-0.4, -0.2) is 21.6 Å². The summed E-state index contributed by atoms with van der Waals surface area (Å²) in [5.74, 6) is -0.495. The molecule has 0 saturated carbocycles. The number of halogens is 1. The van der Waals surface area contributed by atoms with Gasteiger partial charge in [0.1, 0.15) is 12.4 Å². The molecular formula is C13H17FN2O3. The maximum Gasteiger partial charge on any atom is 0.408 e. The van der Waals surface area contributed by atoms with Gasteiger partial charge < -0.3 is 5.11 Å². The van der Waals surface area contributed by atoms with Gasteiger partial charge in [0.15, 0.2) is 0 Å². The first-order valence-electron chi connectivity index (χ1n) is 5.82. The van der Waals surface area contributed by atoms with Crippen LogP contribution in [0.15, 0.2) is 23.4 Å². The number of carboxylic acid groups (broad SMARTS) is 1. The van der Waals surface area contributed by atoms with Gasteiger partial charge in [-0.3, -0.25) is 4.90 Å². The average Bonchev–Trinajstić information content (AvgIpc) is 2.28. The van der Waals surface area contributed by atoms with Crippen LogP contribution in [-0.2, 0) is 13.1 Å². The topological polar surface area (TPSA) is 70.0 Å². The highest BCUT2D eigenvalue weighted by atomic mass is 19.1. The Morgan fingerprint density at radius 3 is 2.53 bits per heavy atom. The van der Waals surface area contributed by atoms with Gasteiger partial charge in [0.25, 0.3) is 0 Å². The number of rotatable bonds is 4. The molecule has 0 heterocycles. The quantitative estimate of drug-likeness (QED) is 0.851. The van der Waals surface area contributed by atoms with E-state index in [9.17, 15) is 14.1 Å². The number of nitrogens with zero attached hydrogens (tertiary/aromatic N) is 2. The standard InChI is InChI=1S/C13H17FN2O3/c1-13(2,3)16(12(17)18)8-10-6-9(7-15-19)4-5-11(10)14/h4-6H,7-8H2,1-3H3,(H,17,18). The van der Waals surface area contributed by atoms with Crippen molar-refractivity contribution in [2.24, 2.45) is 5.18 Å². The summed E-state index contributed by atoms with van der Waals surface area (Å²) in [5, 5.41) is 11.9. The first-order valence-corrected chi connectivity index (χ1v) is 5.82. The van der Waals surface area contributed by atoms with Crippen molar-refractivity contribution in [2.45, 2.75) is 39.4 Å². The van der Waals surface area contributed by atoms with Crippen molar-refractivity contribution in [3.05, 3.63) is 40.1 Å². The highest BCUT2D eigenvalue weighted by Crippen LogP contribution is 2.20. The Bertz CT molecular complexity index is 483. The molecule has 0 aliphatic carbocycles. The van der Waals surface area contributed by atoms with E-state index in [1.165, 1.54) is 18.2 Å². The number of nitroso groups, excluding NO2 is 1. The molecule has 19 heavy (non-hydrogen) atoms. The van der Waals surface area contributed by atoms with Crippen LogP contribution in [0.1, 0.15) is 31.9 Å². The minimum atomic E-state index is -1.12. The normalized spacial score (nSPS) is 11.2. The molecule has 1 aromatic rings. The zero-order chi connectivity index (χ0) is 14.6. The van der Waals surface area contributed by atoms with Crippen LogP contribution in [0.25, 0.3) is 0 Å². The van der Waals surface area contributed by atoms with E-state index in [0.717, 1.165) is 4.90 Å². The lowest BCUT2D eigenvalue weighted by Gasteiger charge is -2.33. The van der Waals surface area contributed by atoms with Crippen LogP contribution in [0, 0.1) is 10.7 Å². The van der Waals surface area contributed by atoms with E-state index in [1.54, 1.807) is 20.8 Å². The van der Waals surface area contributed by atoms with E-state index in [1.807, 2.05) is 0 Å². The Hall–Kier alpha value is -1.98. The first kappa shape index (κ1) is 15.1. The third kappa shape index (κ3) is 4.01. The van der Waals surface area contributed by atoms with Crippen molar-refractivity contribution < 1.29 is 14.3 Å². The highest BCUT2D eigenvalue weighted by molar-refractivity contribution is 5.66. The fraction of sp³-hybridized carbons (Fsp3) is 0.462. The SMILES string of the molecule is CC(C)(C)N(Cc1cc(CN=O)ccc1F)C(=O)O. The summed E-state index contributed by atoms with van der Waals surface area (Å²) in [6.45, 7) is 5.06. The lowest BCUT2D eigenvalue weighted by Crippen LogP contribution is -2.44. The van der Waals surface area contributed by atoms with Gasteiger partial charge in [0, 0.05) is 11.1 Å². The second kappa shape index (κ2) is 5.77. The molecule has 0 aliphatic rings. The van der Waals surface area contributed by atoms with Gasteiger partial charge in [-0.2, -0.15) is 4.91 Å². The van der Waals surface area contributed by atoms with Gasteiger partial charge in [0.2, 0.25) is 0 Å². The summed E-state index contributed by atoms with van der Waals surface area (Å²) in [7, 11) is 0. The van der Waals surface area contributed by atoms with Crippen molar-refractivity contribution in [1.29, 1.82) is 0 Å². The number of carbonyl (C=O) groups is 1. The molecule has 5 nitrogen and oxygen atoms in total. The zero-order valence-corrected chi connectivity index (χ0v) is 11.2. The summed E-state index contributed by atoms with van der Waals surface area (Å²) in [5.41, 5.74) is 0.154. The fourth-order valence-corrected chi connectivity index (χ4v) is 1.68. The first-order chi connectivity index (χ1) is 8.75. The second-order valence-corrected chi connectivity index (χ2v) is 5.25. The molecule has 1 rings (SSSR count). The summed E-state index contributed by atoms with van der Waals surface area (Å²) in [6.07, 6.45) is -1.12. The molecule has 6 heteroatoms. The second-order valence-electron chi connectivity index (χ2n) is 5.25. The number of amides is 1. The van der Waals surface area contributed by atoms with E-state index in [4.69, 9.17) is 5.11 Å². The predicted molar refractivity (Wildman–Crippen MR) is 69.2 cm³/mol. The van der Waals surface area contributed by atoms with Gasteiger partial charge in [-0.25, -0.2) is 9.18 Å². The molecule has 1 N–H and O–H groups in total. The molecule has 0 spiro atoms. The van der Waals surface area contributed by atoms with E-state index in [0.29, 0.717) is 5.56 Å². The molecule has 104 valence electrons. The minimum absolute atomic E-state index is 0.0597. The maximum atomic E-state index is 13.7. The van der Waals surface area contributed by atoms with Crippen molar-refractivity contribution in [1.82, 2.24) is 4.90 Å². The van der Waals surface area contributed by atoms with E-state index < -0.39 is 17.4 Å². The monoisotopic (exact) mass is 268 g/mol. The van der Waals surface area contributed by atoms with Crippen LogP contribution in [0.2, 0.25) is 0 Å². The van der Waals surface area contributed by atoms with E-state index in [-0.39, 0.29) is 18.7 Å². The molecule has 0 bridgehead atoms. The fourth-order valence-electron chi connectivity index (χ4n) is 1.68. The minimum Gasteiger partial charge on any atom is -0.465 e. The number of hydrogen-bond donors (Lipinski definition) is 1. The molecule has 1 aromatic carbocycles. The Labute approximate surface area is 111 Å². The molecule has 0 saturated heterocycles. The Kier molecular flexibility index (Phi) is 4.58.